The fourth-order valence-corrected chi connectivity index (χ4v) is 4.72. The molecule has 7 nitrogen and oxygen atoms in total. The van der Waals surface area contributed by atoms with E-state index in [4.69, 9.17) is 5.14 Å². The molecule has 2 aliphatic rings. The third-order valence-electron chi connectivity index (χ3n) is 5.44. The predicted octanol–water partition coefficient (Wildman–Crippen LogP) is 1.21. The van der Waals surface area contributed by atoms with E-state index in [9.17, 15) is 18.0 Å². The van der Waals surface area contributed by atoms with Crippen LogP contribution >= 0.6 is 0 Å². The Hall–Kier alpha value is -1.93. The van der Waals surface area contributed by atoms with Crippen molar-refractivity contribution in [1.29, 1.82) is 0 Å². The van der Waals surface area contributed by atoms with Crippen LogP contribution in [0.4, 0.5) is 5.69 Å². The lowest BCUT2D eigenvalue weighted by Gasteiger charge is -2.28. The van der Waals surface area contributed by atoms with Crippen molar-refractivity contribution in [2.75, 3.05) is 5.32 Å². The Morgan fingerprint density at radius 2 is 1.80 bits per heavy atom. The summed E-state index contributed by atoms with van der Waals surface area (Å²) in [7, 11) is -3.79. The van der Waals surface area contributed by atoms with Gasteiger partial charge in [0.1, 0.15) is 0 Å². The zero-order valence-electron chi connectivity index (χ0n) is 14.1. The minimum absolute atomic E-state index is 0.0293. The molecule has 1 aromatic carbocycles. The van der Waals surface area contributed by atoms with Gasteiger partial charge in [-0.2, -0.15) is 0 Å². The fraction of sp³-hybridized carbons (Fsp3) is 0.529. The van der Waals surface area contributed by atoms with Crippen molar-refractivity contribution in [3.63, 3.8) is 0 Å². The Bertz CT molecular complexity index is 776. The van der Waals surface area contributed by atoms with Gasteiger partial charge in [0, 0.05) is 11.7 Å². The fourth-order valence-electron chi connectivity index (χ4n) is 4.20. The number of nitrogens with two attached hydrogens (primary N) is 1. The average molecular weight is 365 g/mol. The van der Waals surface area contributed by atoms with Crippen molar-refractivity contribution < 1.29 is 18.0 Å². The number of primary sulfonamides is 1. The van der Waals surface area contributed by atoms with E-state index in [1.165, 1.54) is 43.5 Å². The molecular formula is C17H23N3O4S. The van der Waals surface area contributed by atoms with Crippen LogP contribution in [0.1, 0.15) is 32.6 Å². The summed E-state index contributed by atoms with van der Waals surface area (Å²) < 4.78 is 22.4. The Morgan fingerprint density at radius 3 is 2.32 bits per heavy atom. The van der Waals surface area contributed by atoms with Crippen LogP contribution in [0.25, 0.3) is 0 Å². The summed E-state index contributed by atoms with van der Waals surface area (Å²) >= 11 is 0. The minimum Gasteiger partial charge on any atom is -0.345 e. The van der Waals surface area contributed by atoms with Crippen molar-refractivity contribution in [3.8, 4) is 0 Å². The molecule has 2 aliphatic carbocycles. The molecule has 136 valence electrons. The largest absolute Gasteiger partial charge is 0.345 e. The van der Waals surface area contributed by atoms with Gasteiger partial charge in [0.25, 0.3) is 0 Å². The second kappa shape index (κ2) is 6.76. The molecule has 0 saturated heterocycles. The van der Waals surface area contributed by atoms with Gasteiger partial charge in [0.2, 0.25) is 10.0 Å². The van der Waals surface area contributed by atoms with Gasteiger partial charge in [-0.1, -0.05) is 6.42 Å². The van der Waals surface area contributed by atoms with Gasteiger partial charge in [0.15, 0.2) is 0 Å². The molecule has 0 aliphatic heterocycles. The molecule has 2 saturated carbocycles. The monoisotopic (exact) mass is 365 g/mol. The van der Waals surface area contributed by atoms with E-state index in [-0.39, 0.29) is 10.9 Å². The van der Waals surface area contributed by atoms with Crippen molar-refractivity contribution in [1.82, 2.24) is 5.32 Å². The standard InChI is InChI=1S/C17H23N3O4S/c1-10(15-9-11-2-3-12(15)8-11)19-16(21)17(22)20-13-4-6-14(7-5-13)25(18,23)24/h4-7,10-12,15H,2-3,8-9H2,1H3,(H,19,21)(H,20,22)(H2,18,23,24). The molecular weight excluding hydrogens is 342 g/mol. The van der Waals surface area contributed by atoms with Crippen molar-refractivity contribution in [2.24, 2.45) is 22.9 Å². The van der Waals surface area contributed by atoms with Crippen LogP contribution in [0, 0.1) is 17.8 Å². The molecule has 0 spiro atoms. The first kappa shape index (κ1) is 17.9. The van der Waals surface area contributed by atoms with Gasteiger partial charge in [-0.25, -0.2) is 13.6 Å². The summed E-state index contributed by atoms with van der Waals surface area (Å²) in [6, 6.07) is 5.31. The van der Waals surface area contributed by atoms with Gasteiger partial charge in [0.05, 0.1) is 4.90 Å². The lowest BCUT2D eigenvalue weighted by molar-refractivity contribution is -0.136. The first-order valence-corrected chi connectivity index (χ1v) is 10.0. The van der Waals surface area contributed by atoms with E-state index in [0.29, 0.717) is 17.5 Å². The number of amides is 2. The van der Waals surface area contributed by atoms with Gasteiger partial charge in [-0.15, -0.1) is 0 Å². The van der Waals surface area contributed by atoms with Crippen LogP contribution in [0.2, 0.25) is 0 Å². The number of carbonyl (C=O) groups excluding carboxylic acids is 2. The maximum atomic E-state index is 12.1. The van der Waals surface area contributed by atoms with Crippen LogP contribution in [-0.2, 0) is 19.6 Å². The smallest absolute Gasteiger partial charge is 0.313 e. The van der Waals surface area contributed by atoms with Gasteiger partial charge in [-0.3, -0.25) is 9.59 Å². The second-order valence-corrected chi connectivity index (χ2v) is 8.69. The maximum absolute atomic E-state index is 12.1. The Labute approximate surface area is 147 Å². The van der Waals surface area contributed by atoms with Gasteiger partial charge < -0.3 is 10.6 Å². The van der Waals surface area contributed by atoms with Gasteiger partial charge >= 0.3 is 11.8 Å². The van der Waals surface area contributed by atoms with Crippen LogP contribution in [-0.4, -0.2) is 26.3 Å². The number of hydrogen-bond donors (Lipinski definition) is 3. The summed E-state index contributed by atoms with van der Waals surface area (Å²) in [5, 5.41) is 10.3. The first-order chi connectivity index (χ1) is 11.7. The summed E-state index contributed by atoms with van der Waals surface area (Å²) in [5.74, 6) is 0.448. The average Bonchev–Trinajstić information content (AvgIpc) is 3.17. The Balaban J connectivity index is 1.55. The molecule has 2 amide bonds. The van der Waals surface area contributed by atoms with E-state index in [1.807, 2.05) is 6.92 Å². The quantitative estimate of drug-likeness (QED) is 0.695. The maximum Gasteiger partial charge on any atom is 0.313 e. The lowest BCUT2D eigenvalue weighted by atomic mass is 9.84. The normalized spacial score (nSPS) is 26.2. The highest BCUT2D eigenvalue weighted by molar-refractivity contribution is 7.89. The highest BCUT2D eigenvalue weighted by Crippen LogP contribution is 2.49. The molecule has 3 rings (SSSR count). The number of benzene rings is 1. The summed E-state index contributed by atoms with van der Waals surface area (Å²) in [6.07, 6.45) is 4.88. The number of sulfonamides is 1. The lowest BCUT2D eigenvalue weighted by Crippen LogP contribution is -2.45. The minimum atomic E-state index is -3.79. The number of rotatable bonds is 4. The molecule has 4 N–H and O–H groups in total. The number of hydrogen-bond acceptors (Lipinski definition) is 4. The van der Waals surface area contributed by atoms with E-state index in [2.05, 4.69) is 10.6 Å². The molecule has 0 aromatic heterocycles. The molecule has 4 atom stereocenters. The van der Waals surface area contributed by atoms with Crippen molar-refractivity contribution >= 4 is 27.5 Å². The number of anilines is 1. The summed E-state index contributed by atoms with van der Waals surface area (Å²) in [4.78, 5) is 24.1. The number of fused-ring (bicyclic) bond motifs is 2. The third-order valence-corrected chi connectivity index (χ3v) is 6.37. The molecule has 25 heavy (non-hydrogen) atoms. The first-order valence-electron chi connectivity index (χ1n) is 8.48. The molecule has 1 aromatic rings. The zero-order valence-corrected chi connectivity index (χ0v) is 14.9. The molecule has 0 heterocycles. The van der Waals surface area contributed by atoms with Crippen molar-refractivity contribution in [2.45, 2.75) is 43.5 Å². The summed E-state index contributed by atoms with van der Waals surface area (Å²) in [5.41, 5.74) is 0.333. The second-order valence-electron chi connectivity index (χ2n) is 7.12. The van der Waals surface area contributed by atoms with Gasteiger partial charge in [-0.05, 0) is 68.2 Å². The molecule has 4 unspecified atom stereocenters. The molecule has 0 radical (unpaired) electrons. The SMILES string of the molecule is CC(NC(=O)C(=O)Nc1ccc(S(N)(=O)=O)cc1)C1CC2CCC1C2. The van der Waals surface area contributed by atoms with E-state index >= 15 is 0 Å². The van der Waals surface area contributed by atoms with E-state index in [1.54, 1.807) is 0 Å². The van der Waals surface area contributed by atoms with Crippen molar-refractivity contribution in [3.05, 3.63) is 24.3 Å². The van der Waals surface area contributed by atoms with E-state index < -0.39 is 21.8 Å². The van der Waals surface area contributed by atoms with Crippen LogP contribution < -0.4 is 15.8 Å². The van der Waals surface area contributed by atoms with Crippen LogP contribution in [0.5, 0.6) is 0 Å². The third kappa shape index (κ3) is 4.01. The Kier molecular flexibility index (Phi) is 4.83. The molecule has 8 heteroatoms. The summed E-state index contributed by atoms with van der Waals surface area (Å²) in [6.45, 7) is 1.96. The zero-order chi connectivity index (χ0) is 18.2. The topological polar surface area (TPSA) is 118 Å². The number of carbonyl (C=O) groups is 2. The van der Waals surface area contributed by atoms with Crippen LogP contribution in [0.3, 0.4) is 0 Å². The van der Waals surface area contributed by atoms with E-state index in [0.717, 1.165) is 12.3 Å². The number of nitrogens with one attached hydrogen (secondary N) is 2. The highest BCUT2D eigenvalue weighted by atomic mass is 32.2. The molecule has 2 fully saturated rings. The molecule has 2 bridgehead atoms. The highest BCUT2D eigenvalue weighted by Gasteiger charge is 2.42. The van der Waals surface area contributed by atoms with Crippen LogP contribution in [0.15, 0.2) is 29.2 Å². The predicted molar refractivity (Wildman–Crippen MR) is 93.0 cm³/mol. The Morgan fingerprint density at radius 1 is 1.12 bits per heavy atom.